The highest BCUT2D eigenvalue weighted by Gasteiger charge is 2.19. The number of anilines is 3. The van der Waals surface area contributed by atoms with Gasteiger partial charge in [0.1, 0.15) is 11.6 Å². The fourth-order valence-corrected chi connectivity index (χ4v) is 3.32. The molecular formula is C22H23N5O. The first-order chi connectivity index (χ1) is 13.7. The van der Waals surface area contributed by atoms with E-state index in [0.29, 0.717) is 5.56 Å². The van der Waals surface area contributed by atoms with Crippen molar-refractivity contribution in [3.05, 3.63) is 78.1 Å². The van der Waals surface area contributed by atoms with Crippen molar-refractivity contribution >= 4 is 23.2 Å². The van der Waals surface area contributed by atoms with E-state index in [1.807, 2.05) is 67.7 Å². The largest absolute Gasteiger partial charge is 0.353 e. The molecule has 0 saturated carbocycles. The molecule has 1 fully saturated rings. The fraction of sp³-hybridized carbons (Fsp3) is 0.227. The van der Waals surface area contributed by atoms with Crippen LogP contribution >= 0.6 is 0 Å². The molecular weight excluding hydrogens is 350 g/mol. The summed E-state index contributed by atoms with van der Waals surface area (Å²) in [4.78, 5) is 25.9. The molecule has 0 aliphatic carbocycles. The van der Waals surface area contributed by atoms with Crippen LogP contribution in [0.5, 0.6) is 0 Å². The van der Waals surface area contributed by atoms with Crippen molar-refractivity contribution in [1.82, 2.24) is 9.97 Å². The van der Waals surface area contributed by atoms with E-state index >= 15 is 0 Å². The van der Waals surface area contributed by atoms with Crippen LogP contribution in [0.1, 0.15) is 15.9 Å². The van der Waals surface area contributed by atoms with E-state index in [2.05, 4.69) is 25.1 Å². The van der Waals surface area contributed by atoms with Crippen LogP contribution in [0.15, 0.2) is 67.0 Å². The third-order valence-corrected chi connectivity index (χ3v) is 4.98. The molecule has 0 atom stereocenters. The average Bonchev–Trinajstić information content (AvgIpc) is 2.76. The molecule has 1 aliphatic heterocycles. The number of carbonyl (C=O) groups is 1. The van der Waals surface area contributed by atoms with E-state index in [-0.39, 0.29) is 5.91 Å². The Balaban J connectivity index is 1.37. The number of carbonyl (C=O) groups excluding carboxylic acids is 1. The summed E-state index contributed by atoms with van der Waals surface area (Å²) in [6.07, 6.45) is 3.47. The number of aromatic nitrogens is 2. The molecule has 0 radical (unpaired) electrons. The number of para-hydroxylation sites is 1. The highest BCUT2D eigenvalue weighted by molar-refractivity contribution is 6.04. The molecule has 142 valence electrons. The molecule has 0 bridgehead atoms. The second kappa shape index (κ2) is 8.08. The Labute approximate surface area is 164 Å². The summed E-state index contributed by atoms with van der Waals surface area (Å²) in [5.74, 6) is 1.76. The van der Waals surface area contributed by atoms with Gasteiger partial charge in [-0.25, -0.2) is 9.97 Å². The second-order valence-electron chi connectivity index (χ2n) is 6.84. The van der Waals surface area contributed by atoms with Crippen LogP contribution < -0.4 is 15.1 Å². The van der Waals surface area contributed by atoms with E-state index < -0.39 is 0 Å². The van der Waals surface area contributed by atoms with Crippen LogP contribution in [0.2, 0.25) is 0 Å². The second-order valence-corrected chi connectivity index (χ2v) is 6.84. The molecule has 0 spiro atoms. The van der Waals surface area contributed by atoms with Crippen LogP contribution in [0.4, 0.5) is 17.3 Å². The van der Waals surface area contributed by atoms with E-state index in [9.17, 15) is 4.79 Å². The van der Waals surface area contributed by atoms with Gasteiger partial charge in [-0.05, 0) is 42.8 Å². The third-order valence-electron chi connectivity index (χ3n) is 4.98. The number of pyridine rings is 2. The van der Waals surface area contributed by atoms with Gasteiger partial charge in [0.25, 0.3) is 5.91 Å². The lowest BCUT2D eigenvalue weighted by Gasteiger charge is -2.36. The minimum absolute atomic E-state index is 0.145. The molecule has 1 aromatic carbocycles. The van der Waals surface area contributed by atoms with Gasteiger partial charge in [-0.2, -0.15) is 0 Å². The number of benzene rings is 1. The van der Waals surface area contributed by atoms with E-state index in [1.54, 1.807) is 6.20 Å². The average molecular weight is 373 g/mol. The Bertz CT molecular complexity index is 935. The molecule has 28 heavy (non-hydrogen) atoms. The maximum absolute atomic E-state index is 12.5. The molecule has 2 aromatic heterocycles. The van der Waals surface area contributed by atoms with Crippen LogP contribution in [0.3, 0.4) is 0 Å². The molecule has 6 nitrogen and oxygen atoms in total. The van der Waals surface area contributed by atoms with Crippen molar-refractivity contribution in [3.8, 4) is 0 Å². The first kappa shape index (κ1) is 18.0. The zero-order valence-corrected chi connectivity index (χ0v) is 15.9. The summed E-state index contributed by atoms with van der Waals surface area (Å²) < 4.78 is 0. The molecule has 1 aliphatic rings. The molecule has 6 heteroatoms. The molecule has 3 heterocycles. The van der Waals surface area contributed by atoms with Crippen molar-refractivity contribution in [2.75, 3.05) is 41.3 Å². The van der Waals surface area contributed by atoms with Gasteiger partial charge in [0.2, 0.25) is 0 Å². The van der Waals surface area contributed by atoms with Gasteiger partial charge in [-0.15, -0.1) is 0 Å². The van der Waals surface area contributed by atoms with Crippen molar-refractivity contribution in [3.63, 3.8) is 0 Å². The van der Waals surface area contributed by atoms with Gasteiger partial charge in [-0.3, -0.25) is 4.79 Å². The van der Waals surface area contributed by atoms with Crippen molar-refractivity contribution in [1.29, 1.82) is 0 Å². The minimum Gasteiger partial charge on any atom is -0.353 e. The Morgan fingerprint density at radius 3 is 2.14 bits per heavy atom. The molecule has 1 N–H and O–H groups in total. The summed E-state index contributed by atoms with van der Waals surface area (Å²) in [5, 5.41) is 2.94. The number of nitrogens with one attached hydrogen (secondary N) is 1. The number of amides is 1. The molecule has 1 amide bonds. The smallest absolute Gasteiger partial charge is 0.257 e. The number of hydrogen-bond donors (Lipinski definition) is 1. The number of hydrogen-bond acceptors (Lipinski definition) is 5. The van der Waals surface area contributed by atoms with Crippen LogP contribution in [-0.2, 0) is 0 Å². The highest BCUT2D eigenvalue weighted by atomic mass is 16.1. The quantitative estimate of drug-likeness (QED) is 0.760. The lowest BCUT2D eigenvalue weighted by Crippen LogP contribution is -2.47. The lowest BCUT2D eigenvalue weighted by atomic mass is 10.2. The van der Waals surface area contributed by atoms with Crippen molar-refractivity contribution < 1.29 is 4.79 Å². The number of aryl methyl sites for hydroxylation is 1. The Morgan fingerprint density at radius 2 is 1.54 bits per heavy atom. The molecule has 3 aromatic rings. The normalized spacial score (nSPS) is 14.0. The first-order valence-corrected chi connectivity index (χ1v) is 9.45. The standard InChI is InChI=1S/C22H23N5O/c1-17-6-2-3-7-19(17)25-22(28)18-9-10-21(24-16-18)27-14-12-26(13-15-27)20-8-4-5-11-23-20/h2-11,16H,12-15H2,1H3,(H,25,28). The lowest BCUT2D eigenvalue weighted by molar-refractivity contribution is 0.102. The van der Waals surface area contributed by atoms with E-state index in [0.717, 1.165) is 49.1 Å². The van der Waals surface area contributed by atoms with Crippen molar-refractivity contribution in [2.24, 2.45) is 0 Å². The third kappa shape index (κ3) is 3.96. The van der Waals surface area contributed by atoms with Crippen LogP contribution in [-0.4, -0.2) is 42.1 Å². The Kier molecular flexibility index (Phi) is 5.19. The minimum atomic E-state index is -0.145. The zero-order valence-electron chi connectivity index (χ0n) is 15.9. The van der Waals surface area contributed by atoms with Gasteiger partial charge in [-0.1, -0.05) is 24.3 Å². The number of nitrogens with zero attached hydrogens (tertiary/aromatic N) is 4. The maximum Gasteiger partial charge on any atom is 0.257 e. The number of rotatable bonds is 4. The summed E-state index contributed by atoms with van der Waals surface area (Å²) >= 11 is 0. The van der Waals surface area contributed by atoms with Crippen LogP contribution in [0, 0.1) is 6.92 Å². The van der Waals surface area contributed by atoms with Gasteiger partial charge in [0.15, 0.2) is 0 Å². The van der Waals surface area contributed by atoms with Gasteiger partial charge < -0.3 is 15.1 Å². The topological polar surface area (TPSA) is 61.4 Å². The first-order valence-electron chi connectivity index (χ1n) is 9.45. The highest BCUT2D eigenvalue weighted by Crippen LogP contribution is 2.19. The monoisotopic (exact) mass is 373 g/mol. The summed E-state index contributed by atoms with van der Waals surface area (Å²) in [5.41, 5.74) is 2.41. The van der Waals surface area contributed by atoms with E-state index in [1.165, 1.54) is 0 Å². The van der Waals surface area contributed by atoms with Crippen molar-refractivity contribution in [2.45, 2.75) is 6.92 Å². The fourth-order valence-electron chi connectivity index (χ4n) is 3.32. The predicted molar refractivity (Wildman–Crippen MR) is 112 cm³/mol. The zero-order chi connectivity index (χ0) is 19.3. The maximum atomic E-state index is 12.5. The van der Waals surface area contributed by atoms with Crippen LogP contribution in [0.25, 0.3) is 0 Å². The summed E-state index contributed by atoms with van der Waals surface area (Å²) in [6, 6.07) is 17.5. The predicted octanol–water partition coefficient (Wildman–Crippen LogP) is 3.36. The molecule has 1 saturated heterocycles. The Hall–Kier alpha value is -3.41. The number of piperazine rings is 1. The summed E-state index contributed by atoms with van der Waals surface area (Å²) in [6.45, 7) is 5.51. The molecule has 4 rings (SSSR count). The van der Waals surface area contributed by atoms with Gasteiger partial charge in [0, 0.05) is 44.3 Å². The van der Waals surface area contributed by atoms with E-state index in [4.69, 9.17) is 0 Å². The van der Waals surface area contributed by atoms with Gasteiger partial charge >= 0.3 is 0 Å². The Morgan fingerprint density at radius 1 is 0.857 bits per heavy atom. The molecule has 0 unspecified atom stereocenters. The summed E-state index contributed by atoms with van der Waals surface area (Å²) in [7, 11) is 0. The SMILES string of the molecule is Cc1ccccc1NC(=O)c1ccc(N2CCN(c3ccccn3)CC2)nc1. The van der Waals surface area contributed by atoms with Gasteiger partial charge in [0.05, 0.1) is 5.56 Å².